The lowest BCUT2D eigenvalue weighted by Crippen LogP contribution is -2.11. The summed E-state index contributed by atoms with van der Waals surface area (Å²) in [4.78, 5) is 4.44. The Morgan fingerprint density at radius 2 is 1.82 bits per heavy atom. The number of nitrogen functional groups attached to an aromatic ring is 1. The van der Waals surface area contributed by atoms with Gasteiger partial charge in [0, 0.05) is 6.04 Å². The number of fused-ring (bicyclic) bond motifs is 1. The van der Waals surface area contributed by atoms with Gasteiger partial charge in [0.25, 0.3) is 0 Å². The highest BCUT2D eigenvalue weighted by Gasteiger charge is 2.15. The van der Waals surface area contributed by atoms with E-state index in [1.165, 1.54) is 25.7 Å². The summed E-state index contributed by atoms with van der Waals surface area (Å²) in [5, 5.41) is 0. The predicted octanol–water partition coefficient (Wildman–Crippen LogP) is 3.76. The molecule has 3 heteroatoms. The van der Waals surface area contributed by atoms with Gasteiger partial charge in [-0.1, -0.05) is 38.8 Å². The standard InChI is InChI=1S/C14H21N3/c1-3-7-11(8-4-2)17-13-10-6-5-9-12(13)16-14(17)15/h5-6,9-11H,3-4,7-8H2,1-2H3,(H2,15,16). The summed E-state index contributed by atoms with van der Waals surface area (Å²) in [6.45, 7) is 4.44. The van der Waals surface area contributed by atoms with Crippen LogP contribution in [0.1, 0.15) is 45.6 Å². The molecule has 0 unspecified atom stereocenters. The molecule has 0 aliphatic rings. The third-order valence-electron chi connectivity index (χ3n) is 3.23. The molecule has 0 fully saturated rings. The van der Waals surface area contributed by atoms with Crippen LogP contribution in [0.25, 0.3) is 11.0 Å². The normalized spacial score (nSPS) is 11.5. The Labute approximate surface area is 103 Å². The van der Waals surface area contributed by atoms with E-state index in [0.29, 0.717) is 12.0 Å². The van der Waals surface area contributed by atoms with Crippen LogP contribution >= 0.6 is 0 Å². The Morgan fingerprint density at radius 3 is 2.47 bits per heavy atom. The molecule has 0 amide bonds. The molecule has 0 saturated carbocycles. The van der Waals surface area contributed by atoms with Gasteiger partial charge in [-0.3, -0.25) is 0 Å². The van der Waals surface area contributed by atoms with Crippen LogP contribution in [0.5, 0.6) is 0 Å². The summed E-state index contributed by atoms with van der Waals surface area (Å²) in [5.41, 5.74) is 8.23. The maximum absolute atomic E-state index is 6.07. The van der Waals surface area contributed by atoms with Crippen LogP contribution in [0.15, 0.2) is 24.3 Å². The van der Waals surface area contributed by atoms with Crippen molar-refractivity contribution in [1.29, 1.82) is 0 Å². The zero-order chi connectivity index (χ0) is 12.3. The molecule has 1 aromatic heterocycles. The molecule has 0 atom stereocenters. The van der Waals surface area contributed by atoms with Gasteiger partial charge in [0.1, 0.15) is 0 Å². The highest BCUT2D eigenvalue weighted by Crippen LogP contribution is 2.28. The van der Waals surface area contributed by atoms with Crippen molar-refractivity contribution in [2.45, 2.75) is 45.6 Å². The highest BCUT2D eigenvalue weighted by atomic mass is 15.2. The molecule has 2 rings (SSSR count). The van der Waals surface area contributed by atoms with Crippen LogP contribution in [0.4, 0.5) is 5.95 Å². The first-order valence-electron chi connectivity index (χ1n) is 6.50. The van der Waals surface area contributed by atoms with E-state index in [9.17, 15) is 0 Å². The fourth-order valence-electron chi connectivity index (χ4n) is 2.52. The molecule has 0 radical (unpaired) electrons. The van der Waals surface area contributed by atoms with Crippen LogP contribution in [0.3, 0.4) is 0 Å². The topological polar surface area (TPSA) is 43.8 Å². The van der Waals surface area contributed by atoms with Crippen molar-refractivity contribution < 1.29 is 0 Å². The van der Waals surface area contributed by atoms with Gasteiger partial charge in [0.05, 0.1) is 11.0 Å². The monoisotopic (exact) mass is 231 g/mol. The van der Waals surface area contributed by atoms with Crippen molar-refractivity contribution in [3.8, 4) is 0 Å². The van der Waals surface area contributed by atoms with Crippen molar-refractivity contribution in [1.82, 2.24) is 9.55 Å². The fraction of sp³-hybridized carbons (Fsp3) is 0.500. The van der Waals surface area contributed by atoms with Gasteiger partial charge < -0.3 is 10.3 Å². The zero-order valence-electron chi connectivity index (χ0n) is 10.7. The summed E-state index contributed by atoms with van der Waals surface area (Å²) in [6, 6.07) is 8.67. The van der Waals surface area contributed by atoms with Crippen molar-refractivity contribution >= 4 is 17.0 Å². The van der Waals surface area contributed by atoms with E-state index in [0.717, 1.165) is 11.0 Å². The van der Waals surface area contributed by atoms with Crippen LogP contribution in [0.2, 0.25) is 0 Å². The highest BCUT2D eigenvalue weighted by molar-refractivity contribution is 5.78. The predicted molar refractivity (Wildman–Crippen MR) is 73.0 cm³/mol. The average molecular weight is 231 g/mol. The summed E-state index contributed by atoms with van der Waals surface area (Å²) in [7, 11) is 0. The fourth-order valence-corrected chi connectivity index (χ4v) is 2.52. The van der Waals surface area contributed by atoms with Crippen LogP contribution in [-0.2, 0) is 0 Å². The van der Waals surface area contributed by atoms with Gasteiger partial charge >= 0.3 is 0 Å². The van der Waals surface area contributed by atoms with Crippen LogP contribution in [0, 0.1) is 0 Å². The minimum Gasteiger partial charge on any atom is -0.369 e. The number of aromatic nitrogens is 2. The number of hydrogen-bond acceptors (Lipinski definition) is 2. The van der Waals surface area contributed by atoms with Gasteiger partial charge in [0.2, 0.25) is 5.95 Å². The zero-order valence-corrected chi connectivity index (χ0v) is 10.7. The average Bonchev–Trinajstić information content (AvgIpc) is 2.64. The summed E-state index contributed by atoms with van der Waals surface area (Å²) < 4.78 is 2.21. The van der Waals surface area contributed by atoms with E-state index in [1.54, 1.807) is 0 Å². The van der Waals surface area contributed by atoms with E-state index < -0.39 is 0 Å². The molecule has 2 N–H and O–H groups in total. The van der Waals surface area contributed by atoms with E-state index in [1.807, 2.05) is 12.1 Å². The molecule has 1 heterocycles. The minimum atomic E-state index is 0.484. The Bertz CT molecular complexity index is 481. The number of nitrogens with two attached hydrogens (primary N) is 1. The van der Waals surface area contributed by atoms with Gasteiger partial charge in [-0.25, -0.2) is 4.98 Å². The molecule has 0 aliphatic heterocycles. The lowest BCUT2D eigenvalue weighted by molar-refractivity contribution is 0.440. The van der Waals surface area contributed by atoms with E-state index in [4.69, 9.17) is 5.73 Å². The molecule has 2 aromatic rings. The lowest BCUT2D eigenvalue weighted by Gasteiger charge is -2.19. The number of nitrogens with zero attached hydrogens (tertiary/aromatic N) is 2. The van der Waals surface area contributed by atoms with E-state index in [2.05, 4.69) is 35.5 Å². The number of para-hydroxylation sites is 2. The summed E-state index contributed by atoms with van der Waals surface area (Å²) in [6.07, 6.45) is 4.68. The molecule has 0 aliphatic carbocycles. The maximum atomic E-state index is 6.07. The Kier molecular flexibility index (Phi) is 3.67. The first-order valence-corrected chi connectivity index (χ1v) is 6.50. The molecular formula is C14H21N3. The largest absolute Gasteiger partial charge is 0.369 e. The van der Waals surface area contributed by atoms with Crippen LogP contribution < -0.4 is 5.73 Å². The molecule has 0 bridgehead atoms. The van der Waals surface area contributed by atoms with E-state index in [-0.39, 0.29) is 0 Å². The second-order valence-electron chi connectivity index (χ2n) is 4.56. The molecule has 1 aromatic carbocycles. The number of imidazole rings is 1. The smallest absolute Gasteiger partial charge is 0.201 e. The van der Waals surface area contributed by atoms with E-state index >= 15 is 0 Å². The van der Waals surface area contributed by atoms with Crippen molar-refractivity contribution in [2.75, 3.05) is 5.73 Å². The molecule has 0 saturated heterocycles. The number of hydrogen-bond donors (Lipinski definition) is 1. The van der Waals surface area contributed by atoms with Gasteiger partial charge in [0.15, 0.2) is 0 Å². The number of anilines is 1. The SMILES string of the molecule is CCCC(CCC)n1c(N)nc2ccccc21. The van der Waals surface area contributed by atoms with Crippen LogP contribution in [-0.4, -0.2) is 9.55 Å². The maximum Gasteiger partial charge on any atom is 0.201 e. The third kappa shape index (κ3) is 2.28. The molecular weight excluding hydrogens is 210 g/mol. The Hall–Kier alpha value is -1.51. The number of rotatable bonds is 5. The van der Waals surface area contributed by atoms with Gasteiger partial charge in [-0.2, -0.15) is 0 Å². The van der Waals surface area contributed by atoms with Crippen molar-refractivity contribution in [2.24, 2.45) is 0 Å². The third-order valence-corrected chi connectivity index (χ3v) is 3.23. The van der Waals surface area contributed by atoms with Crippen molar-refractivity contribution in [3.63, 3.8) is 0 Å². The van der Waals surface area contributed by atoms with Crippen molar-refractivity contribution in [3.05, 3.63) is 24.3 Å². The first kappa shape index (κ1) is 12.0. The minimum absolute atomic E-state index is 0.484. The molecule has 17 heavy (non-hydrogen) atoms. The quantitative estimate of drug-likeness (QED) is 0.851. The second-order valence-corrected chi connectivity index (χ2v) is 4.56. The number of benzene rings is 1. The summed E-state index contributed by atoms with van der Waals surface area (Å²) in [5.74, 6) is 0.651. The van der Waals surface area contributed by atoms with Gasteiger partial charge in [-0.15, -0.1) is 0 Å². The second kappa shape index (κ2) is 5.21. The first-order chi connectivity index (χ1) is 8.27. The molecule has 0 spiro atoms. The van der Waals surface area contributed by atoms with Gasteiger partial charge in [-0.05, 0) is 25.0 Å². The Morgan fingerprint density at radius 1 is 1.18 bits per heavy atom. The molecule has 3 nitrogen and oxygen atoms in total. The molecule has 92 valence electrons. The lowest BCUT2D eigenvalue weighted by atomic mass is 10.1. The Balaban J connectivity index is 2.47. The summed E-state index contributed by atoms with van der Waals surface area (Å²) >= 11 is 0.